The van der Waals surface area contributed by atoms with Crippen LogP contribution in [-0.4, -0.2) is 35.7 Å². The van der Waals surface area contributed by atoms with Crippen molar-refractivity contribution in [2.75, 3.05) is 24.2 Å². The van der Waals surface area contributed by atoms with Crippen molar-refractivity contribution >= 4 is 28.3 Å². The Hall–Kier alpha value is -1.78. The molecule has 106 valence electrons. The fourth-order valence-electron chi connectivity index (χ4n) is 2.13. The molecule has 2 rings (SSSR count). The van der Waals surface area contributed by atoms with Gasteiger partial charge >= 0.3 is 0 Å². The number of nitrogens with zero attached hydrogens (tertiary/aromatic N) is 3. The fourth-order valence-corrected chi connectivity index (χ4v) is 2.47. The van der Waals surface area contributed by atoms with E-state index in [-0.39, 0.29) is 5.82 Å². The molecule has 1 aromatic rings. The highest BCUT2D eigenvalue weighted by Gasteiger charge is 2.25. The van der Waals surface area contributed by atoms with Crippen molar-refractivity contribution in [1.82, 2.24) is 5.32 Å². The van der Waals surface area contributed by atoms with Crippen LogP contribution in [0.3, 0.4) is 0 Å². The van der Waals surface area contributed by atoms with Crippen LogP contribution in [0.4, 0.5) is 15.8 Å². The predicted octanol–water partition coefficient (Wildman–Crippen LogP) is 1.82. The van der Waals surface area contributed by atoms with E-state index in [1.54, 1.807) is 29.5 Å². The van der Waals surface area contributed by atoms with Gasteiger partial charge in [0, 0.05) is 13.1 Å². The van der Waals surface area contributed by atoms with Gasteiger partial charge in [-0.3, -0.25) is 5.32 Å². The van der Waals surface area contributed by atoms with E-state index in [4.69, 9.17) is 5.26 Å². The Kier molecular flexibility index (Phi) is 4.82. The number of halogens is 1. The van der Waals surface area contributed by atoms with Crippen molar-refractivity contribution in [2.45, 2.75) is 12.5 Å². The van der Waals surface area contributed by atoms with Gasteiger partial charge in [-0.25, -0.2) is 9.38 Å². The Morgan fingerprint density at radius 1 is 1.65 bits per heavy atom. The second-order valence-corrected chi connectivity index (χ2v) is 5.15. The van der Waals surface area contributed by atoms with Gasteiger partial charge in [-0.15, -0.1) is 0 Å². The zero-order valence-corrected chi connectivity index (χ0v) is 11.8. The molecule has 2 N–H and O–H groups in total. The molecule has 1 aliphatic rings. The number of nitrogens with one attached hydrogen (secondary N) is 1. The van der Waals surface area contributed by atoms with E-state index in [0.29, 0.717) is 36.1 Å². The maximum absolute atomic E-state index is 14.1. The summed E-state index contributed by atoms with van der Waals surface area (Å²) in [6, 6.07) is 4.64. The van der Waals surface area contributed by atoms with E-state index in [2.05, 4.69) is 10.3 Å². The molecule has 0 bridgehead atoms. The van der Waals surface area contributed by atoms with Gasteiger partial charge in [0.15, 0.2) is 11.4 Å². The summed E-state index contributed by atoms with van der Waals surface area (Å²) in [5, 5.41) is 21.1. The zero-order chi connectivity index (χ0) is 14.5. The van der Waals surface area contributed by atoms with Crippen LogP contribution >= 0.6 is 11.8 Å². The lowest BCUT2D eigenvalue weighted by molar-refractivity contribution is 0.198. The molecule has 1 heterocycles. The summed E-state index contributed by atoms with van der Waals surface area (Å²) in [5.41, 5.74) is 0.821. The Labute approximate surface area is 121 Å². The summed E-state index contributed by atoms with van der Waals surface area (Å²) >= 11 is 1.27. The zero-order valence-electron chi connectivity index (χ0n) is 11.0. The Bertz CT molecular complexity index is 558. The average molecular weight is 294 g/mol. The smallest absolute Gasteiger partial charge is 0.183 e. The number of aliphatic hydroxyl groups is 1. The molecule has 0 aliphatic carbocycles. The van der Waals surface area contributed by atoms with E-state index in [0.717, 1.165) is 0 Å². The first-order chi connectivity index (χ1) is 9.65. The van der Waals surface area contributed by atoms with Gasteiger partial charge in [-0.2, -0.15) is 5.26 Å². The quantitative estimate of drug-likeness (QED) is 0.377. The van der Waals surface area contributed by atoms with E-state index in [1.165, 1.54) is 17.8 Å². The van der Waals surface area contributed by atoms with Gasteiger partial charge in [0.25, 0.3) is 0 Å². The van der Waals surface area contributed by atoms with Crippen molar-refractivity contribution in [2.24, 2.45) is 4.99 Å². The highest BCUT2D eigenvalue weighted by molar-refractivity contribution is 8.13. The van der Waals surface area contributed by atoms with Crippen molar-refractivity contribution in [3.05, 3.63) is 24.0 Å². The van der Waals surface area contributed by atoms with E-state index >= 15 is 0 Å². The number of rotatable bonds is 2. The summed E-state index contributed by atoms with van der Waals surface area (Å²) in [7, 11) is 0. The number of thioether (sulfide) groups is 1. The van der Waals surface area contributed by atoms with Gasteiger partial charge in [-0.05, 0) is 24.8 Å². The minimum atomic E-state index is -0.441. The molecule has 0 spiro atoms. The van der Waals surface area contributed by atoms with Gasteiger partial charge < -0.3 is 10.0 Å². The van der Waals surface area contributed by atoms with Gasteiger partial charge in [-0.1, -0.05) is 17.8 Å². The maximum Gasteiger partial charge on any atom is 0.183 e. The van der Waals surface area contributed by atoms with Crippen molar-refractivity contribution in [3.8, 4) is 6.19 Å². The third-order valence-electron chi connectivity index (χ3n) is 3.02. The highest BCUT2D eigenvalue weighted by atomic mass is 32.2. The third kappa shape index (κ3) is 3.21. The molecule has 1 aliphatic heterocycles. The molecule has 1 fully saturated rings. The summed E-state index contributed by atoms with van der Waals surface area (Å²) in [6.07, 6.45) is 3.75. The number of hydrogen-bond donors (Lipinski definition) is 2. The Morgan fingerprint density at radius 3 is 3.05 bits per heavy atom. The third-order valence-corrected chi connectivity index (χ3v) is 3.60. The van der Waals surface area contributed by atoms with Crippen LogP contribution in [0.1, 0.15) is 6.42 Å². The molecule has 20 heavy (non-hydrogen) atoms. The number of hydrogen-bond acceptors (Lipinski definition) is 5. The molecule has 0 amide bonds. The van der Waals surface area contributed by atoms with Crippen LogP contribution in [0.15, 0.2) is 23.2 Å². The number of benzene rings is 1. The summed E-state index contributed by atoms with van der Waals surface area (Å²) in [5.74, 6) is -0.377. The average Bonchev–Trinajstić information content (AvgIpc) is 2.84. The first kappa shape index (κ1) is 14.6. The Balaban J connectivity index is 2.38. The summed E-state index contributed by atoms with van der Waals surface area (Å²) in [4.78, 5) is 6.06. The second-order valence-electron chi connectivity index (χ2n) is 4.35. The lowest BCUT2D eigenvalue weighted by Gasteiger charge is -2.20. The monoisotopic (exact) mass is 294 g/mol. The number of anilines is 1. The van der Waals surface area contributed by atoms with Crippen molar-refractivity contribution in [3.63, 3.8) is 0 Å². The largest absolute Gasteiger partial charge is 0.391 e. The van der Waals surface area contributed by atoms with Crippen LogP contribution in [0.2, 0.25) is 0 Å². The maximum atomic E-state index is 14.1. The molecule has 5 nitrogen and oxygen atoms in total. The first-order valence-electron chi connectivity index (χ1n) is 6.15. The number of nitriles is 1. The van der Waals surface area contributed by atoms with Crippen LogP contribution in [0.5, 0.6) is 0 Å². The molecule has 1 saturated heterocycles. The van der Waals surface area contributed by atoms with E-state index < -0.39 is 6.10 Å². The minimum Gasteiger partial charge on any atom is -0.391 e. The molecule has 7 heteroatoms. The standard InChI is InChI=1S/C13H15FN4OS/c1-20-13(16-8-15)17-11-4-2-3-10(14)12(11)18-6-5-9(19)7-18/h2-4,9,19H,5-7H2,1H3,(H,16,17). The van der Waals surface area contributed by atoms with Crippen LogP contribution in [0, 0.1) is 17.3 Å². The highest BCUT2D eigenvalue weighted by Crippen LogP contribution is 2.34. The van der Waals surface area contributed by atoms with Crippen LogP contribution in [0.25, 0.3) is 0 Å². The van der Waals surface area contributed by atoms with Crippen molar-refractivity contribution < 1.29 is 9.50 Å². The van der Waals surface area contributed by atoms with E-state index in [1.807, 2.05) is 0 Å². The molecule has 0 aromatic heterocycles. The first-order valence-corrected chi connectivity index (χ1v) is 7.37. The molecule has 1 atom stereocenters. The molecule has 0 saturated carbocycles. The van der Waals surface area contributed by atoms with E-state index in [9.17, 15) is 9.50 Å². The SMILES string of the molecule is CSC(=Nc1cccc(F)c1N1CCC(O)C1)NC#N. The predicted molar refractivity (Wildman–Crippen MR) is 78.6 cm³/mol. The van der Waals surface area contributed by atoms with Gasteiger partial charge in [0.2, 0.25) is 0 Å². The van der Waals surface area contributed by atoms with Crippen LogP contribution in [-0.2, 0) is 0 Å². The van der Waals surface area contributed by atoms with Gasteiger partial charge in [0.05, 0.1) is 17.5 Å². The number of aliphatic hydroxyl groups excluding tert-OH is 1. The molecular weight excluding hydrogens is 279 g/mol. The fraction of sp³-hybridized carbons (Fsp3) is 0.385. The van der Waals surface area contributed by atoms with Crippen molar-refractivity contribution in [1.29, 1.82) is 5.26 Å². The summed E-state index contributed by atoms with van der Waals surface area (Å²) < 4.78 is 14.1. The molecule has 0 radical (unpaired) electrons. The number of para-hydroxylation sites is 1. The lowest BCUT2D eigenvalue weighted by Crippen LogP contribution is -2.22. The van der Waals surface area contributed by atoms with Gasteiger partial charge in [0.1, 0.15) is 5.82 Å². The van der Waals surface area contributed by atoms with Crippen LogP contribution < -0.4 is 10.2 Å². The number of amidine groups is 1. The minimum absolute atomic E-state index is 0.371. The molecule has 1 aromatic carbocycles. The summed E-state index contributed by atoms with van der Waals surface area (Å²) in [6.45, 7) is 0.981. The topological polar surface area (TPSA) is 71.7 Å². The second kappa shape index (κ2) is 6.59. The Morgan fingerprint density at radius 2 is 2.45 bits per heavy atom. The number of β-amino-alcohol motifs (C(OH)–C–C–N with tert-alkyl or cyclic N) is 1. The normalized spacial score (nSPS) is 19.0. The molecular formula is C13H15FN4OS. The number of aliphatic imine (C=N–C) groups is 1. The lowest BCUT2D eigenvalue weighted by atomic mass is 10.2. The molecule has 1 unspecified atom stereocenters.